The molecule has 4 aromatic rings. The molecule has 0 spiro atoms. The zero-order valence-electron chi connectivity index (χ0n) is 18.0. The predicted molar refractivity (Wildman–Crippen MR) is 120 cm³/mol. The molecule has 5 rings (SSSR count). The Balaban J connectivity index is 1.91. The molecule has 0 fully saturated rings. The van der Waals surface area contributed by atoms with Crippen molar-refractivity contribution in [1.29, 1.82) is 0 Å². The van der Waals surface area contributed by atoms with Crippen molar-refractivity contribution in [3.63, 3.8) is 0 Å². The topological polar surface area (TPSA) is 87.6 Å². The van der Waals surface area contributed by atoms with E-state index in [1.165, 1.54) is 18.7 Å². The number of benzene rings is 2. The molecule has 0 radical (unpaired) electrons. The van der Waals surface area contributed by atoms with E-state index in [-0.39, 0.29) is 11.3 Å². The van der Waals surface area contributed by atoms with Crippen LogP contribution in [0, 0.1) is 0 Å². The largest absolute Gasteiger partial charge is 0.504 e. The van der Waals surface area contributed by atoms with Gasteiger partial charge in [0.25, 0.3) is 5.56 Å². The van der Waals surface area contributed by atoms with Gasteiger partial charge in [0.1, 0.15) is 6.10 Å². The zero-order chi connectivity index (χ0) is 22.6. The zero-order valence-corrected chi connectivity index (χ0v) is 18.0. The minimum absolute atomic E-state index is 0.0264. The molecular weight excluding hydrogens is 410 g/mol. The summed E-state index contributed by atoms with van der Waals surface area (Å²) in [5.74, 6) is 0.353. The Morgan fingerprint density at radius 1 is 1.06 bits per heavy atom. The highest BCUT2D eigenvalue weighted by atomic mass is 16.5. The van der Waals surface area contributed by atoms with E-state index in [0.29, 0.717) is 29.8 Å². The fourth-order valence-electron chi connectivity index (χ4n) is 4.59. The molecule has 3 heterocycles. The second-order valence-corrected chi connectivity index (χ2v) is 7.86. The summed E-state index contributed by atoms with van der Waals surface area (Å²) in [7, 11) is 4.65. The summed E-state index contributed by atoms with van der Waals surface area (Å²) in [6, 6.07) is 14.7. The number of phenols is 1. The number of hydrogen-bond donors (Lipinski definition) is 1. The normalized spacial score (nSPS) is 15.7. The maximum atomic E-state index is 13.3. The Labute approximate surface area is 183 Å². The third-order valence-electron chi connectivity index (χ3n) is 6.11. The molecule has 1 aliphatic heterocycles. The van der Waals surface area contributed by atoms with Crippen LogP contribution < -0.4 is 16.0 Å². The van der Waals surface area contributed by atoms with Gasteiger partial charge in [0.2, 0.25) is 0 Å². The molecule has 1 aliphatic rings. The van der Waals surface area contributed by atoms with Crippen molar-refractivity contribution in [2.75, 3.05) is 13.7 Å². The first kappa shape index (κ1) is 20.1. The molecule has 0 amide bonds. The van der Waals surface area contributed by atoms with Crippen LogP contribution in [0.1, 0.15) is 17.4 Å². The van der Waals surface area contributed by atoms with Gasteiger partial charge in [0.05, 0.1) is 36.0 Å². The van der Waals surface area contributed by atoms with Crippen molar-refractivity contribution >= 4 is 10.9 Å². The molecule has 0 saturated carbocycles. The number of methoxy groups -OCH3 is 1. The molecule has 1 atom stereocenters. The number of aromatic hydroxyl groups is 1. The lowest BCUT2D eigenvalue weighted by molar-refractivity contribution is 0.0477. The summed E-state index contributed by atoms with van der Waals surface area (Å²) in [5.41, 5.74) is 2.96. The molecule has 1 N–H and O–H groups in total. The van der Waals surface area contributed by atoms with Crippen molar-refractivity contribution in [3.8, 4) is 22.8 Å². The number of phenolic OH excluding ortho intramolecular Hbond substituents is 1. The van der Waals surface area contributed by atoms with Gasteiger partial charge in [-0.1, -0.05) is 36.4 Å². The molecule has 32 heavy (non-hydrogen) atoms. The van der Waals surface area contributed by atoms with Crippen molar-refractivity contribution in [3.05, 3.63) is 80.6 Å². The number of aryl methyl sites for hydroxylation is 1. The number of aromatic nitrogens is 3. The SMILES string of the molecule is COc1cc([C@H]2OCCn3c(-c4ccccc4)c4c(=O)n(C)c(=O)n(C)c4c32)ccc1O. The van der Waals surface area contributed by atoms with Crippen LogP contribution in [0.15, 0.2) is 58.1 Å². The second-order valence-electron chi connectivity index (χ2n) is 7.86. The van der Waals surface area contributed by atoms with E-state index in [1.807, 2.05) is 30.3 Å². The van der Waals surface area contributed by atoms with Crippen LogP contribution in [-0.2, 0) is 25.4 Å². The highest BCUT2D eigenvalue weighted by molar-refractivity contribution is 5.96. The van der Waals surface area contributed by atoms with E-state index in [1.54, 1.807) is 25.2 Å². The highest BCUT2D eigenvalue weighted by Gasteiger charge is 2.33. The van der Waals surface area contributed by atoms with Crippen molar-refractivity contribution in [2.45, 2.75) is 12.6 Å². The molecule has 8 nitrogen and oxygen atoms in total. The van der Waals surface area contributed by atoms with E-state index in [9.17, 15) is 14.7 Å². The van der Waals surface area contributed by atoms with Crippen molar-refractivity contribution < 1.29 is 14.6 Å². The minimum atomic E-state index is -0.545. The van der Waals surface area contributed by atoms with E-state index in [0.717, 1.165) is 27.1 Å². The standard InChI is InChI=1S/C24H23N3O5/c1-25-20-18(23(29)26(2)24(25)30)19(14-7-5-4-6-8-14)27-11-12-32-22(21(20)27)15-9-10-16(28)17(13-15)31-3/h4-10,13,22,28H,11-12H2,1-3H3/t22-/m1/s1. The lowest BCUT2D eigenvalue weighted by Crippen LogP contribution is -2.37. The van der Waals surface area contributed by atoms with Crippen LogP contribution in [0.3, 0.4) is 0 Å². The third-order valence-corrected chi connectivity index (χ3v) is 6.11. The Morgan fingerprint density at radius 3 is 2.53 bits per heavy atom. The number of hydrogen-bond acceptors (Lipinski definition) is 5. The summed E-state index contributed by atoms with van der Waals surface area (Å²) in [4.78, 5) is 26.2. The van der Waals surface area contributed by atoms with Gasteiger partial charge in [-0.3, -0.25) is 13.9 Å². The van der Waals surface area contributed by atoms with Gasteiger partial charge >= 0.3 is 5.69 Å². The molecular formula is C24H23N3O5. The van der Waals surface area contributed by atoms with Crippen molar-refractivity contribution in [2.24, 2.45) is 14.1 Å². The van der Waals surface area contributed by atoms with E-state index < -0.39 is 11.8 Å². The van der Waals surface area contributed by atoms with E-state index in [4.69, 9.17) is 9.47 Å². The average Bonchev–Trinajstić information content (AvgIpc) is 3.18. The summed E-state index contributed by atoms with van der Waals surface area (Å²) >= 11 is 0. The minimum Gasteiger partial charge on any atom is -0.504 e. The molecule has 2 aromatic heterocycles. The van der Waals surface area contributed by atoms with Crippen LogP contribution in [0.2, 0.25) is 0 Å². The molecule has 0 bridgehead atoms. The van der Waals surface area contributed by atoms with Gasteiger partial charge in [-0.25, -0.2) is 4.79 Å². The lowest BCUT2D eigenvalue weighted by atomic mass is 10.0. The van der Waals surface area contributed by atoms with Crippen LogP contribution in [0.4, 0.5) is 0 Å². The first-order chi connectivity index (χ1) is 15.4. The second kappa shape index (κ2) is 7.42. The van der Waals surface area contributed by atoms with Crippen LogP contribution >= 0.6 is 0 Å². The lowest BCUT2D eigenvalue weighted by Gasteiger charge is -2.28. The molecule has 0 aliphatic carbocycles. The summed E-state index contributed by atoms with van der Waals surface area (Å²) in [6.45, 7) is 0.966. The van der Waals surface area contributed by atoms with Crippen molar-refractivity contribution in [1.82, 2.24) is 13.7 Å². The number of nitrogens with zero attached hydrogens (tertiary/aromatic N) is 3. The fourth-order valence-corrected chi connectivity index (χ4v) is 4.59. The Hall–Kier alpha value is -3.78. The Bertz CT molecular complexity index is 1460. The summed E-state index contributed by atoms with van der Waals surface area (Å²) in [5, 5.41) is 10.5. The Morgan fingerprint density at radius 2 is 1.81 bits per heavy atom. The number of fused-ring (bicyclic) bond motifs is 3. The first-order valence-electron chi connectivity index (χ1n) is 10.3. The van der Waals surface area contributed by atoms with Gasteiger partial charge in [-0.05, 0) is 23.3 Å². The molecule has 0 unspecified atom stereocenters. The molecule has 8 heteroatoms. The molecule has 0 saturated heterocycles. The van der Waals surface area contributed by atoms with Crippen LogP contribution in [0.5, 0.6) is 11.5 Å². The van der Waals surface area contributed by atoms with E-state index >= 15 is 0 Å². The highest BCUT2D eigenvalue weighted by Crippen LogP contribution is 2.42. The smallest absolute Gasteiger partial charge is 0.331 e. The monoisotopic (exact) mass is 433 g/mol. The van der Waals surface area contributed by atoms with Crippen LogP contribution in [-0.4, -0.2) is 32.5 Å². The summed E-state index contributed by atoms with van der Waals surface area (Å²) in [6.07, 6.45) is -0.545. The average molecular weight is 433 g/mol. The third kappa shape index (κ3) is 2.80. The number of rotatable bonds is 3. The van der Waals surface area contributed by atoms with Gasteiger partial charge in [-0.2, -0.15) is 0 Å². The Kier molecular flexibility index (Phi) is 4.67. The van der Waals surface area contributed by atoms with Crippen LogP contribution in [0.25, 0.3) is 22.2 Å². The maximum Gasteiger partial charge on any atom is 0.331 e. The predicted octanol–water partition coefficient (Wildman–Crippen LogP) is 2.54. The van der Waals surface area contributed by atoms with E-state index in [2.05, 4.69) is 4.57 Å². The van der Waals surface area contributed by atoms with Gasteiger partial charge in [0.15, 0.2) is 11.5 Å². The fraction of sp³-hybridized carbons (Fsp3) is 0.250. The van der Waals surface area contributed by atoms with Gasteiger partial charge in [0, 0.05) is 20.6 Å². The number of ether oxygens (including phenoxy) is 2. The molecule has 164 valence electrons. The first-order valence-corrected chi connectivity index (χ1v) is 10.3. The quantitative estimate of drug-likeness (QED) is 0.537. The summed E-state index contributed by atoms with van der Waals surface area (Å²) < 4.78 is 16.2. The van der Waals surface area contributed by atoms with Gasteiger partial charge in [-0.15, -0.1) is 0 Å². The maximum absolute atomic E-state index is 13.3. The molecule has 2 aromatic carbocycles. The van der Waals surface area contributed by atoms with Gasteiger partial charge < -0.3 is 19.1 Å².